The summed E-state index contributed by atoms with van der Waals surface area (Å²) in [6.45, 7) is 4.00. The molecule has 2 N–H and O–H groups in total. The van der Waals surface area contributed by atoms with Crippen LogP contribution in [0.25, 0.3) is 0 Å². The summed E-state index contributed by atoms with van der Waals surface area (Å²) in [4.78, 5) is 28.1. The van der Waals surface area contributed by atoms with Crippen molar-refractivity contribution in [3.63, 3.8) is 0 Å². The minimum absolute atomic E-state index is 0.0675. The molecule has 0 atom stereocenters. The Bertz CT molecular complexity index is 1120. The molecule has 0 spiro atoms. The van der Waals surface area contributed by atoms with E-state index in [-0.39, 0.29) is 5.91 Å². The number of alkyl halides is 3. The second kappa shape index (κ2) is 9.90. The molecule has 1 aliphatic rings. The Morgan fingerprint density at radius 3 is 2.52 bits per heavy atom. The van der Waals surface area contributed by atoms with Gasteiger partial charge in [-0.1, -0.05) is 0 Å². The van der Waals surface area contributed by atoms with Crippen LogP contribution in [0.5, 0.6) is 0 Å². The van der Waals surface area contributed by atoms with Crippen molar-refractivity contribution >= 4 is 11.9 Å². The number of fused-ring (bicyclic) bond motifs is 1. The van der Waals surface area contributed by atoms with E-state index in [1.54, 1.807) is 0 Å². The monoisotopic (exact) mass is 467 g/mol. The fourth-order valence-corrected chi connectivity index (χ4v) is 3.42. The number of carbonyl (C=O) groups excluding carboxylic acids is 1. The maximum absolute atomic E-state index is 12.3. The molecule has 0 fully saturated rings. The Labute approximate surface area is 187 Å². The van der Waals surface area contributed by atoms with Gasteiger partial charge in [-0.05, 0) is 12.1 Å². The van der Waals surface area contributed by atoms with Crippen molar-refractivity contribution in [2.24, 2.45) is 14.1 Å². The highest BCUT2D eigenvalue weighted by molar-refractivity contribution is 5.92. The molecule has 0 saturated heterocycles. The third kappa shape index (κ3) is 6.22. The van der Waals surface area contributed by atoms with E-state index in [9.17, 15) is 18.0 Å². The van der Waals surface area contributed by atoms with Crippen molar-refractivity contribution < 1.29 is 27.9 Å². The van der Waals surface area contributed by atoms with Crippen molar-refractivity contribution in [2.45, 2.75) is 32.4 Å². The summed E-state index contributed by atoms with van der Waals surface area (Å²) in [7, 11) is 3.80. The lowest BCUT2D eigenvalue weighted by atomic mass is 10.2. The van der Waals surface area contributed by atoms with Gasteiger partial charge < -0.3 is 19.6 Å². The van der Waals surface area contributed by atoms with Crippen LogP contribution >= 0.6 is 0 Å². The summed E-state index contributed by atoms with van der Waals surface area (Å²) in [5.41, 5.74) is 2.91. The topological polar surface area (TPSA) is 110 Å². The van der Waals surface area contributed by atoms with Crippen molar-refractivity contribution in [3.8, 4) is 0 Å². The summed E-state index contributed by atoms with van der Waals surface area (Å²) in [6, 6.07) is 3.68. The van der Waals surface area contributed by atoms with E-state index in [1.165, 1.54) is 5.56 Å². The zero-order chi connectivity index (χ0) is 24.2. The van der Waals surface area contributed by atoms with Crippen LogP contribution in [0, 0.1) is 0 Å². The first-order chi connectivity index (χ1) is 15.5. The lowest BCUT2D eigenvalue weighted by molar-refractivity contribution is -0.192. The Balaban J connectivity index is 0.000000383. The second-order valence-corrected chi connectivity index (χ2v) is 7.54. The van der Waals surface area contributed by atoms with Gasteiger partial charge in [-0.2, -0.15) is 18.3 Å². The Morgan fingerprint density at radius 1 is 1.21 bits per heavy atom. The largest absolute Gasteiger partial charge is 0.490 e. The molecule has 4 rings (SSSR count). The molecule has 0 aliphatic carbocycles. The van der Waals surface area contributed by atoms with Gasteiger partial charge in [0.1, 0.15) is 11.5 Å². The maximum atomic E-state index is 12.3. The van der Waals surface area contributed by atoms with Gasteiger partial charge in [0.15, 0.2) is 0 Å². The van der Waals surface area contributed by atoms with Crippen LogP contribution in [0.3, 0.4) is 0 Å². The first kappa shape index (κ1) is 24.0. The molecule has 0 bridgehead atoms. The van der Waals surface area contributed by atoms with Gasteiger partial charge in [0.05, 0.1) is 31.2 Å². The highest BCUT2D eigenvalue weighted by Crippen LogP contribution is 2.17. The molecule has 4 heterocycles. The molecule has 0 unspecified atom stereocenters. The first-order valence-corrected chi connectivity index (χ1v) is 9.97. The lowest BCUT2D eigenvalue weighted by Crippen LogP contribution is -2.34. The first-order valence-electron chi connectivity index (χ1n) is 9.97. The molecule has 13 heteroatoms. The fourth-order valence-electron chi connectivity index (χ4n) is 3.42. The number of imidazole rings is 1. The van der Waals surface area contributed by atoms with Gasteiger partial charge >= 0.3 is 12.1 Å². The molecule has 0 radical (unpaired) electrons. The van der Waals surface area contributed by atoms with E-state index in [4.69, 9.17) is 9.90 Å². The average Bonchev–Trinajstić information content (AvgIpc) is 3.46. The van der Waals surface area contributed by atoms with Crippen LogP contribution in [0.2, 0.25) is 0 Å². The number of carboxylic acids is 1. The smallest absolute Gasteiger partial charge is 0.475 e. The normalized spacial score (nSPS) is 13.7. The van der Waals surface area contributed by atoms with E-state index >= 15 is 0 Å². The Hall–Kier alpha value is -3.61. The van der Waals surface area contributed by atoms with Crippen molar-refractivity contribution in [1.82, 2.24) is 34.1 Å². The van der Waals surface area contributed by atoms with Gasteiger partial charge in [0.25, 0.3) is 5.91 Å². The number of carboxylic acid groups (broad SMARTS) is 1. The summed E-state index contributed by atoms with van der Waals surface area (Å²) in [5.74, 6) is -1.78. The van der Waals surface area contributed by atoms with Crippen LogP contribution in [0.4, 0.5) is 13.2 Å². The molecule has 3 aromatic heterocycles. The molecule has 1 aliphatic heterocycles. The minimum Gasteiger partial charge on any atom is -0.475 e. The van der Waals surface area contributed by atoms with Crippen LogP contribution in [-0.2, 0) is 45.1 Å². The number of carbonyl (C=O) groups is 2. The average molecular weight is 467 g/mol. The van der Waals surface area contributed by atoms with Crippen molar-refractivity contribution in [2.75, 3.05) is 6.54 Å². The number of halogens is 3. The van der Waals surface area contributed by atoms with Crippen LogP contribution in [0.1, 0.15) is 27.6 Å². The van der Waals surface area contributed by atoms with Crippen LogP contribution < -0.4 is 5.32 Å². The molecular formula is C20H24F3N7O3. The van der Waals surface area contributed by atoms with Crippen LogP contribution in [-0.4, -0.2) is 58.5 Å². The zero-order valence-electron chi connectivity index (χ0n) is 18.1. The van der Waals surface area contributed by atoms with E-state index in [0.717, 1.165) is 37.7 Å². The summed E-state index contributed by atoms with van der Waals surface area (Å²) < 4.78 is 37.6. The molecule has 10 nitrogen and oxygen atoms in total. The summed E-state index contributed by atoms with van der Waals surface area (Å²) in [5, 5.41) is 14.3. The van der Waals surface area contributed by atoms with Crippen LogP contribution in [0.15, 0.2) is 36.9 Å². The third-order valence-electron chi connectivity index (χ3n) is 5.04. The van der Waals surface area contributed by atoms with E-state index in [0.29, 0.717) is 12.2 Å². The van der Waals surface area contributed by atoms with Crippen molar-refractivity contribution in [1.29, 1.82) is 0 Å². The Kier molecular flexibility index (Phi) is 7.21. The predicted octanol–water partition coefficient (Wildman–Crippen LogP) is 1.53. The molecule has 178 valence electrons. The predicted molar refractivity (Wildman–Crippen MR) is 110 cm³/mol. The molecule has 1 amide bonds. The number of aliphatic carboxylic acids is 1. The molecule has 0 aromatic carbocycles. The van der Waals surface area contributed by atoms with E-state index in [1.807, 2.05) is 60.3 Å². The number of aryl methyl sites for hydroxylation is 2. The number of nitrogens with one attached hydrogen (secondary N) is 1. The minimum atomic E-state index is -5.08. The van der Waals surface area contributed by atoms with E-state index in [2.05, 4.69) is 24.9 Å². The quantitative estimate of drug-likeness (QED) is 0.589. The Morgan fingerprint density at radius 2 is 1.94 bits per heavy atom. The lowest BCUT2D eigenvalue weighted by Gasteiger charge is -2.28. The molecular weight excluding hydrogens is 443 g/mol. The number of hydrogen-bond donors (Lipinski definition) is 2. The van der Waals surface area contributed by atoms with Gasteiger partial charge in [-0.25, -0.2) is 9.78 Å². The molecule has 33 heavy (non-hydrogen) atoms. The van der Waals surface area contributed by atoms with Crippen molar-refractivity contribution in [3.05, 3.63) is 59.7 Å². The number of rotatable bonds is 5. The number of hydrogen-bond acceptors (Lipinski definition) is 5. The fraction of sp³-hybridized carbons (Fsp3) is 0.400. The number of amides is 1. The standard InChI is InChI=1S/C18H23N7O.C2HF3O2/c1-22-5-3-4-16(22)18(26)20-10-15-9-19-17-13-24(6-7-25(15)17)12-14-8-21-23(2)11-14;3-2(4,5)1(6)7/h3-5,8-9,11H,6-7,10,12-13H2,1-2H3,(H,20,26);(H,6,7). The SMILES string of the molecule is Cn1cc(CN2CCn3c(CNC(=O)c4cccn4C)cnc3C2)cn1.O=C(O)C(F)(F)F. The molecule has 3 aromatic rings. The maximum Gasteiger partial charge on any atom is 0.490 e. The zero-order valence-corrected chi connectivity index (χ0v) is 18.1. The van der Waals surface area contributed by atoms with Gasteiger partial charge in [-0.15, -0.1) is 0 Å². The molecule has 0 saturated carbocycles. The highest BCUT2D eigenvalue weighted by Gasteiger charge is 2.38. The highest BCUT2D eigenvalue weighted by atomic mass is 19.4. The third-order valence-corrected chi connectivity index (χ3v) is 5.04. The second-order valence-electron chi connectivity index (χ2n) is 7.54. The van der Waals surface area contributed by atoms with Gasteiger partial charge in [0.2, 0.25) is 0 Å². The van der Waals surface area contributed by atoms with Gasteiger partial charge in [-0.3, -0.25) is 14.4 Å². The van der Waals surface area contributed by atoms with Gasteiger partial charge in [0, 0.05) is 51.7 Å². The number of aromatic nitrogens is 5. The summed E-state index contributed by atoms with van der Waals surface area (Å²) in [6.07, 6.45) is 2.61. The van der Waals surface area contributed by atoms with E-state index < -0.39 is 12.1 Å². The number of nitrogens with zero attached hydrogens (tertiary/aromatic N) is 6. The summed E-state index contributed by atoms with van der Waals surface area (Å²) >= 11 is 0.